The molecule has 182 valence electrons. The first-order valence-electron chi connectivity index (χ1n) is 11.1. The van der Waals surface area contributed by atoms with Crippen molar-refractivity contribution in [2.24, 2.45) is 0 Å². The number of hydrogen-bond acceptors (Lipinski definition) is 8. The summed E-state index contributed by atoms with van der Waals surface area (Å²) in [6.07, 6.45) is 4.50. The highest BCUT2D eigenvalue weighted by Crippen LogP contribution is 2.34. The van der Waals surface area contributed by atoms with Crippen molar-refractivity contribution in [3.8, 4) is 5.69 Å². The fourth-order valence-electron chi connectivity index (χ4n) is 3.85. The van der Waals surface area contributed by atoms with E-state index in [0.717, 1.165) is 43.0 Å². The SMILES string of the molecule is FC(F)(F)c1cc(Nc2nc(Nc3ccn4ccnc4c3)cc(N3CCC3)n2)cc(-n2cncn2)c1. The Bertz CT molecular complexity index is 1520. The number of aromatic nitrogens is 7. The van der Waals surface area contributed by atoms with Crippen LogP contribution in [-0.4, -0.2) is 47.2 Å². The van der Waals surface area contributed by atoms with Gasteiger partial charge in [-0.05, 0) is 30.7 Å². The second-order valence-corrected chi connectivity index (χ2v) is 8.24. The molecule has 6 rings (SSSR count). The molecule has 0 radical (unpaired) electrons. The van der Waals surface area contributed by atoms with Crippen molar-refractivity contribution in [2.75, 3.05) is 28.6 Å². The molecule has 1 aliphatic rings. The van der Waals surface area contributed by atoms with Crippen LogP contribution in [0.2, 0.25) is 0 Å². The predicted octanol–water partition coefficient (Wildman–Crippen LogP) is 4.42. The van der Waals surface area contributed by atoms with Crippen LogP contribution in [0.4, 0.5) is 42.1 Å². The van der Waals surface area contributed by atoms with E-state index in [4.69, 9.17) is 0 Å². The van der Waals surface area contributed by atoms with E-state index < -0.39 is 11.7 Å². The molecule has 1 saturated heterocycles. The minimum Gasteiger partial charge on any atom is -0.356 e. The smallest absolute Gasteiger partial charge is 0.356 e. The third kappa shape index (κ3) is 4.37. The number of nitrogens with one attached hydrogen (secondary N) is 2. The largest absolute Gasteiger partial charge is 0.416 e. The predicted molar refractivity (Wildman–Crippen MR) is 127 cm³/mol. The third-order valence-corrected chi connectivity index (χ3v) is 5.75. The molecule has 0 bridgehead atoms. The monoisotopic (exact) mass is 492 g/mol. The molecule has 0 aliphatic carbocycles. The van der Waals surface area contributed by atoms with Crippen molar-refractivity contribution >= 4 is 34.6 Å². The Kier molecular flexibility index (Phi) is 5.16. The molecule has 1 aliphatic heterocycles. The summed E-state index contributed by atoms with van der Waals surface area (Å²) in [5.74, 6) is 1.33. The molecule has 2 N–H and O–H groups in total. The summed E-state index contributed by atoms with van der Waals surface area (Å²) in [5, 5.41) is 10.1. The molecule has 10 nitrogen and oxygen atoms in total. The van der Waals surface area contributed by atoms with Gasteiger partial charge in [-0.15, -0.1) is 0 Å². The molecular weight excluding hydrogens is 473 g/mol. The van der Waals surface area contributed by atoms with Gasteiger partial charge >= 0.3 is 6.18 Å². The lowest BCUT2D eigenvalue weighted by Crippen LogP contribution is -2.37. The van der Waals surface area contributed by atoms with Crippen molar-refractivity contribution in [3.63, 3.8) is 0 Å². The van der Waals surface area contributed by atoms with E-state index in [1.165, 1.54) is 23.4 Å². The summed E-state index contributed by atoms with van der Waals surface area (Å²) in [6, 6.07) is 9.12. The molecule has 36 heavy (non-hydrogen) atoms. The second kappa shape index (κ2) is 8.52. The zero-order chi connectivity index (χ0) is 24.7. The minimum absolute atomic E-state index is 0.160. The van der Waals surface area contributed by atoms with Crippen LogP contribution in [0.15, 0.2) is 67.6 Å². The Morgan fingerprint density at radius 3 is 2.56 bits per heavy atom. The standard InChI is InChI=1S/C23H19F3N10/c24-23(25,26)15-8-17(10-18(9-15)36-14-27-13-29-36)31-22-32-19(12-21(33-22)34-4-1-5-34)30-16-2-6-35-7-3-28-20(35)11-16/h2-3,6-14H,1,4-5H2,(H2,30,31,32,33). The topological polar surface area (TPSA) is 101 Å². The van der Waals surface area contributed by atoms with Gasteiger partial charge < -0.3 is 19.9 Å². The summed E-state index contributed by atoms with van der Waals surface area (Å²) in [5.41, 5.74) is 1.07. The number of halogens is 3. The number of pyridine rings is 1. The molecule has 5 aromatic rings. The normalized spacial score (nSPS) is 13.6. The number of anilines is 5. The van der Waals surface area contributed by atoms with Gasteiger partial charge in [0.1, 0.15) is 29.9 Å². The summed E-state index contributed by atoms with van der Waals surface area (Å²) >= 11 is 0. The van der Waals surface area contributed by atoms with Crippen LogP contribution < -0.4 is 15.5 Å². The molecule has 0 saturated carbocycles. The minimum atomic E-state index is -4.55. The van der Waals surface area contributed by atoms with Gasteiger partial charge in [0.05, 0.1) is 11.3 Å². The number of hydrogen-bond donors (Lipinski definition) is 2. The lowest BCUT2D eigenvalue weighted by Gasteiger charge is -2.32. The number of rotatable bonds is 6. The van der Waals surface area contributed by atoms with Gasteiger partial charge in [0.15, 0.2) is 0 Å². The maximum Gasteiger partial charge on any atom is 0.416 e. The van der Waals surface area contributed by atoms with E-state index in [1.807, 2.05) is 35.0 Å². The molecule has 5 heterocycles. The van der Waals surface area contributed by atoms with Gasteiger partial charge in [-0.2, -0.15) is 28.2 Å². The highest BCUT2D eigenvalue weighted by atomic mass is 19.4. The molecule has 0 amide bonds. The first-order valence-corrected chi connectivity index (χ1v) is 11.1. The Hall–Kier alpha value is -4.68. The Balaban J connectivity index is 1.36. The van der Waals surface area contributed by atoms with Crippen molar-refractivity contribution in [2.45, 2.75) is 12.6 Å². The van der Waals surface area contributed by atoms with Gasteiger partial charge in [-0.25, -0.2) is 14.6 Å². The quantitative estimate of drug-likeness (QED) is 0.359. The van der Waals surface area contributed by atoms with Crippen LogP contribution in [0.3, 0.4) is 0 Å². The Morgan fingerprint density at radius 2 is 1.81 bits per heavy atom. The summed E-state index contributed by atoms with van der Waals surface area (Å²) < 4.78 is 44.0. The second-order valence-electron chi connectivity index (χ2n) is 8.24. The van der Waals surface area contributed by atoms with Crippen LogP contribution in [-0.2, 0) is 6.18 Å². The first-order chi connectivity index (χ1) is 17.4. The molecule has 1 fully saturated rings. The molecular formula is C23H19F3N10. The Morgan fingerprint density at radius 1 is 0.917 bits per heavy atom. The third-order valence-electron chi connectivity index (χ3n) is 5.75. The zero-order valence-electron chi connectivity index (χ0n) is 18.7. The Labute approximate surface area is 202 Å². The van der Waals surface area contributed by atoms with Crippen molar-refractivity contribution in [3.05, 3.63) is 73.2 Å². The van der Waals surface area contributed by atoms with Gasteiger partial charge in [0.25, 0.3) is 0 Å². The maximum absolute atomic E-state index is 13.6. The number of imidazole rings is 1. The molecule has 0 atom stereocenters. The zero-order valence-corrected chi connectivity index (χ0v) is 18.7. The van der Waals surface area contributed by atoms with Crippen LogP contribution in [0.5, 0.6) is 0 Å². The van der Waals surface area contributed by atoms with Gasteiger partial charge in [-0.3, -0.25) is 0 Å². The van der Waals surface area contributed by atoms with Crippen LogP contribution in [0, 0.1) is 0 Å². The van der Waals surface area contributed by atoms with E-state index >= 15 is 0 Å². The van der Waals surface area contributed by atoms with Crippen molar-refractivity contribution < 1.29 is 13.2 Å². The molecule has 0 spiro atoms. The summed E-state index contributed by atoms with van der Waals surface area (Å²) in [7, 11) is 0. The maximum atomic E-state index is 13.6. The number of nitrogens with zero attached hydrogens (tertiary/aromatic N) is 8. The summed E-state index contributed by atoms with van der Waals surface area (Å²) in [4.78, 5) is 19.2. The molecule has 13 heteroatoms. The van der Waals surface area contributed by atoms with Crippen LogP contribution in [0.1, 0.15) is 12.0 Å². The number of alkyl halides is 3. The van der Waals surface area contributed by atoms with Crippen LogP contribution in [0.25, 0.3) is 11.3 Å². The number of fused-ring (bicyclic) bond motifs is 1. The van der Waals surface area contributed by atoms with Gasteiger partial charge in [-0.1, -0.05) is 0 Å². The lowest BCUT2D eigenvalue weighted by atomic mass is 10.1. The van der Waals surface area contributed by atoms with E-state index in [9.17, 15) is 13.2 Å². The fourth-order valence-corrected chi connectivity index (χ4v) is 3.85. The van der Waals surface area contributed by atoms with E-state index in [1.54, 1.807) is 6.20 Å². The van der Waals surface area contributed by atoms with Gasteiger partial charge in [0, 0.05) is 55.2 Å². The first kappa shape index (κ1) is 21.8. The molecule has 1 aromatic carbocycles. The average Bonchev–Trinajstić information content (AvgIpc) is 3.49. The van der Waals surface area contributed by atoms with E-state index in [2.05, 4.69) is 40.6 Å². The summed E-state index contributed by atoms with van der Waals surface area (Å²) in [6.45, 7) is 1.69. The molecule has 0 unspecified atom stereocenters. The fraction of sp³-hybridized carbons (Fsp3) is 0.174. The molecule has 4 aromatic heterocycles. The van der Waals surface area contributed by atoms with Crippen molar-refractivity contribution in [1.29, 1.82) is 0 Å². The van der Waals surface area contributed by atoms with Gasteiger partial charge in [0.2, 0.25) is 5.95 Å². The van der Waals surface area contributed by atoms with E-state index in [-0.39, 0.29) is 17.3 Å². The number of benzene rings is 1. The van der Waals surface area contributed by atoms with Crippen molar-refractivity contribution in [1.82, 2.24) is 34.1 Å². The lowest BCUT2D eigenvalue weighted by molar-refractivity contribution is -0.137. The highest BCUT2D eigenvalue weighted by Gasteiger charge is 2.31. The van der Waals surface area contributed by atoms with E-state index in [0.29, 0.717) is 11.6 Å². The average molecular weight is 492 g/mol. The van der Waals surface area contributed by atoms with Crippen LogP contribution >= 0.6 is 0 Å². The highest BCUT2D eigenvalue weighted by molar-refractivity contribution is 5.67.